The molecule has 4 heteroatoms. The topological polar surface area (TPSA) is 44.8 Å². The molecule has 0 bridgehead atoms. The minimum atomic E-state index is -0.245. The molecule has 0 amide bonds. The van der Waals surface area contributed by atoms with Crippen molar-refractivity contribution in [1.29, 1.82) is 0 Å². The second-order valence-corrected chi connectivity index (χ2v) is 4.56. The lowest BCUT2D eigenvalue weighted by Gasteiger charge is -2.43. The number of ether oxygens (including phenoxy) is 3. The number of ketones is 1. The predicted molar refractivity (Wildman–Crippen MR) is 60.0 cm³/mol. The van der Waals surface area contributed by atoms with Crippen molar-refractivity contribution in [1.82, 2.24) is 0 Å². The average Bonchev–Trinajstić information content (AvgIpc) is 2.22. The number of methoxy groups -OCH3 is 2. The zero-order valence-electron chi connectivity index (χ0n) is 10.7. The third-order valence-corrected chi connectivity index (χ3v) is 3.48. The second-order valence-electron chi connectivity index (χ2n) is 4.56. The van der Waals surface area contributed by atoms with Crippen LogP contribution in [-0.4, -0.2) is 39.0 Å². The molecule has 0 aromatic rings. The largest absolute Gasteiger partial charge is 0.384 e. The Bertz CT molecular complexity index is 241. The van der Waals surface area contributed by atoms with Crippen molar-refractivity contribution in [2.24, 2.45) is 17.8 Å². The van der Waals surface area contributed by atoms with Gasteiger partial charge in [-0.05, 0) is 13.8 Å². The Kier molecular flexibility index (Phi) is 4.89. The van der Waals surface area contributed by atoms with Crippen molar-refractivity contribution in [3.8, 4) is 0 Å². The van der Waals surface area contributed by atoms with E-state index in [0.717, 1.165) is 0 Å². The number of carbonyl (C=O) groups excluding carboxylic acids is 1. The fourth-order valence-electron chi connectivity index (χ4n) is 2.65. The molecule has 1 heterocycles. The lowest BCUT2D eigenvalue weighted by molar-refractivity contribution is -0.239. The molecule has 1 saturated heterocycles. The lowest BCUT2D eigenvalue weighted by Crippen LogP contribution is -2.50. The third kappa shape index (κ3) is 2.62. The first-order valence-electron chi connectivity index (χ1n) is 5.70. The molecular formula is C12H22O4. The molecule has 0 aromatic heterocycles. The highest BCUT2D eigenvalue weighted by Crippen LogP contribution is 2.36. The van der Waals surface area contributed by atoms with Crippen molar-refractivity contribution in [3.63, 3.8) is 0 Å². The van der Waals surface area contributed by atoms with E-state index in [1.807, 2.05) is 13.8 Å². The van der Waals surface area contributed by atoms with Crippen molar-refractivity contribution < 1.29 is 19.0 Å². The van der Waals surface area contributed by atoms with Gasteiger partial charge in [-0.2, -0.15) is 0 Å². The van der Waals surface area contributed by atoms with E-state index in [2.05, 4.69) is 0 Å². The van der Waals surface area contributed by atoms with Crippen LogP contribution in [0.25, 0.3) is 0 Å². The molecule has 94 valence electrons. The van der Waals surface area contributed by atoms with E-state index in [1.54, 1.807) is 21.1 Å². The highest BCUT2D eigenvalue weighted by Gasteiger charge is 2.44. The fraction of sp³-hybridized carbons (Fsp3) is 0.917. The molecule has 5 atom stereocenters. The molecule has 0 N–H and O–H groups in total. The standard InChI is InChI=1S/C12H22O4/c1-7-10(6-14-4)11(8(2)13)9(3)16-12(7)15-5/h7,9-12H,6H2,1-5H3. The summed E-state index contributed by atoms with van der Waals surface area (Å²) in [6, 6.07) is 0. The maximum Gasteiger partial charge on any atom is 0.160 e. The Labute approximate surface area is 97.2 Å². The third-order valence-electron chi connectivity index (χ3n) is 3.48. The lowest BCUT2D eigenvalue weighted by atomic mass is 9.75. The summed E-state index contributed by atoms with van der Waals surface area (Å²) in [5, 5.41) is 0. The van der Waals surface area contributed by atoms with E-state index >= 15 is 0 Å². The maximum atomic E-state index is 11.7. The number of carbonyl (C=O) groups is 1. The first-order valence-corrected chi connectivity index (χ1v) is 5.70. The summed E-state index contributed by atoms with van der Waals surface area (Å²) >= 11 is 0. The van der Waals surface area contributed by atoms with Gasteiger partial charge >= 0.3 is 0 Å². The van der Waals surface area contributed by atoms with Gasteiger partial charge < -0.3 is 14.2 Å². The van der Waals surface area contributed by atoms with Gasteiger partial charge in [0.05, 0.1) is 12.7 Å². The van der Waals surface area contributed by atoms with Gasteiger partial charge in [0.2, 0.25) is 0 Å². The van der Waals surface area contributed by atoms with Crippen LogP contribution in [0.15, 0.2) is 0 Å². The quantitative estimate of drug-likeness (QED) is 0.734. The maximum absolute atomic E-state index is 11.7. The van der Waals surface area contributed by atoms with Crippen LogP contribution >= 0.6 is 0 Å². The first kappa shape index (κ1) is 13.6. The van der Waals surface area contributed by atoms with Crippen LogP contribution in [-0.2, 0) is 19.0 Å². The summed E-state index contributed by atoms with van der Waals surface area (Å²) in [6.07, 6.45) is -0.357. The first-order chi connectivity index (χ1) is 7.52. The Morgan fingerprint density at radius 2 is 1.94 bits per heavy atom. The van der Waals surface area contributed by atoms with Crippen molar-refractivity contribution in [3.05, 3.63) is 0 Å². The predicted octanol–water partition coefficient (Wildman–Crippen LogP) is 1.48. The molecule has 0 saturated carbocycles. The smallest absolute Gasteiger partial charge is 0.160 e. The van der Waals surface area contributed by atoms with Gasteiger partial charge in [0.15, 0.2) is 6.29 Å². The number of hydrogen-bond donors (Lipinski definition) is 0. The summed E-state index contributed by atoms with van der Waals surface area (Å²) in [4.78, 5) is 11.7. The van der Waals surface area contributed by atoms with Crippen LogP contribution in [0, 0.1) is 17.8 Å². The molecule has 1 fully saturated rings. The Morgan fingerprint density at radius 3 is 2.38 bits per heavy atom. The number of Topliss-reactive ketones (excluding diaryl/α,β-unsaturated/α-hetero) is 1. The fourth-order valence-corrected chi connectivity index (χ4v) is 2.65. The summed E-state index contributed by atoms with van der Waals surface area (Å²) in [5.41, 5.74) is 0. The Hall–Kier alpha value is -0.450. The summed E-state index contributed by atoms with van der Waals surface area (Å²) in [5.74, 6) is 0.392. The SMILES string of the molecule is COCC1C(C)C(OC)OC(C)C1C(C)=O. The van der Waals surface area contributed by atoms with E-state index in [9.17, 15) is 4.79 Å². The summed E-state index contributed by atoms with van der Waals surface area (Å²) in [7, 11) is 3.29. The van der Waals surface area contributed by atoms with Crippen molar-refractivity contribution >= 4 is 5.78 Å². The zero-order valence-corrected chi connectivity index (χ0v) is 10.7. The Morgan fingerprint density at radius 1 is 1.31 bits per heavy atom. The van der Waals surface area contributed by atoms with Gasteiger partial charge in [-0.15, -0.1) is 0 Å². The van der Waals surface area contributed by atoms with E-state index in [4.69, 9.17) is 14.2 Å². The molecule has 1 aliphatic heterocycles. The molecule has 0 aliphatic carbocycles. The van der Waals surface area contributed by atoms with Crippen molar-refractivity contribution in [2.75, 3.05) is 20.8 Å². The number of hydrogen-bond acceptors (Lipinski definition) is 4. The number of rotatable bonds is 4. The zero-order chi connectivity index (χ0) is 12.3. The van der Waals surface area contributed by atoms with Gasteiger partial charge in [0.1, 0.15) is 5.78 Å². The van der Waals surface area contributed by atoms with Crippen molar-refractivity contribution in [2.45, 2.75) is 33.2 Å². The second kappa shape index (κ2) is 5.75. The van der Waals surface area contributed by atoms with E-state index in [1.165, 1.54) is 0 Å². The molecule has 4 nitrogen and oxygen atoms in total. The highest BCUT2D eigenvalue weighted by molar-refractivity contribution is 5.79. The molecular weight excluding hydrogens is 208 g/mol. The van der Waals surface area contributed by atoms with Gasteiger partial charge in [-0.3, -0.25) is 4.79 Å². The molecule has 0 radical (unpaired) electrons. The summed E-state index contributed by atoms with van der Waals surface area (Å²) in [6.45, 7) is 6.15. The van der Waals surface area contributed by atoms with E-state index < -0.39 is 0 Å². The Balaban J connectivity index is 2.86. The average molecular weight is 230 g/mol. The highest BCUT2D eigenvalue weighted by atomic mass is 16.7. The van der Waals surface area contributed by atoms with Gasteiger partial charge in [0, 0.05) is 32.0 Å². The van der Waals surface area contributed by atoms with E-state index in [0.29, 0.717) is 6.61 Å². The van der Waals surface area contributed by atoms with Gasteiger partial charge in [-0.1, -0.05) is 6.92 Å². The van der Waals surface area contributed by atoms with Gasteiger partial charge in [-0.25, -0.2) is 0 Å². The normalized spacial score (nSPS) is 39.7. The van der Waals surface area contributed by atoms with Crippen LogP contribution in [0.2, 0.25) is 0 Å². The van der Waals surface area contributed by atoms with Gasteiger partial charge in [0.25, 0.3) is 0 Å². The molecule has 0 spiro atoms. The van der Waals surface area contributed by atoms with Crippen LogP contribution in [0.5, 0.6) is 0 Å². The minimum Gasteiger partial charge on any atom is -0.384 e. The molecule has 1 aliphatic rings. The molecule has 16 heavy (non-hydrogen) atoms. The van der Waals surface area contributed by atoms with Crippen LogP contribution in [0.1, 0.15) is 20.8 Å². The summed E-state index contributed by atoms with van der Waals surface area (Å²) < 4.78 is 16.2. The minimum absolute atomic E-state index is 0.0960. The molecule has 1 rings (SSSR count). The monoisotopic (exact) mass is 230 g/mol. The van der Waals surface area contributed by atoms with Crippen LogP contribution in [0.3, 0.4) is 0 Å². The van der Waals surface area contributed by atoms with E-state index in [-0.39, 0.29) is 35.9 Å². The van der Waals surface area contributed by atoms with Crippen LogP contribution in [0.4, 0.5) is 0 Å². The van der Waals surface area contributed by atoms with Crippen LogP contribution < -0.4 is 0 Å². The molecule has 5 unspecified atom stereocenters. The molecule has 0 aromatic carbocycles.